The van der Waals surface area contributed by atoms with Gasteiger partial charge in [0.2, 0.25) is 0 Å². The Labute approximate surface area is 111 Å². The smallest absolute Gasteiger partial charge is 0.137 e. The Hall–Kier alpha value is -0.410. The topological polar surface area (TPSA) is 29.5 Å². The molecule has 0 aromatic heterocycles. The zero-order valence-electron chi connectivity index (χ0n) is 12.2. The lowest BCUT2D eigenvalue weighted by Crippen LogP contribution is -2.56. The van der Waals surface area contributed by atoms with Crippen LogP contribution in [-0.2, 0) is 9.53 Å². The van der Waals surface area contributed by atoms with E-state index in [1.807, 2.05) is 0 Å². The number of carbonyl (C=O) groups is 1. The van der Waals surface area contributed by atoms with Crippen molar-refractivity contribution >= 4 is 5.78 Å². The minimum absolute atomic E-state index is 0.0707. The maximum absolute atomic E-state index is 12.2. The normalized spacial score (nSPS) is 37.8. The highest BCUT2D eigenvalue weighted by molar-refractivity contribution is 5.82. The number of carbonyl (C=O) groups excluding carboxylic acids is 1. The standard InChI is InChI=1S/C15H27NO2/c1-11-7-12(2)13(14(17)8-11)9-16-5-6-18-10-15(16,3)4/h11-13H,5-10H2,1-4H3. The minimum atomic E-state index is 0.0707. The van der Waals surface area contributed by atoms with Crippen LogP contribution in [0, 0.1) is 17.8 Å². The molecule has 0 amide bonds. The van der Waals surface area contributed by atoms with Gasteiger partial charge in [-0.05, 0) is 32.1 Å². The fourth-order valence-corrected chi connectivity index (χ4v) is 3.44. The summed E-state index contributed by atoms with van der Waals surface area (Å²) in [5, 5.41) is 0. The van der Waals surface area contributed by atoms with Gasteiger partial charge >= 0.3 is 0 Å². The van der Waals surface area contributed by atoms with Crippen LogP contribution in [0.1, 0.15) is 40.5 Å². The molecule has 3 heteroatoms. The van der Waals surface area contributed by atoms with E-state index in [4.69, 9.17) is 4.74 Å². The lowest BCUT2D eigenvalue weighted by Gasteiger charge is -2.45. The molecule has 3 nitrogen and oxygen atoms in total. The second kappa shape index (κ2) is 5.30. The van der Waals surface area contributed by atoms with Crippen molar-refractivity contribution in [1.29, 1.82) is 0 Å². The molecule has 0 N–H and O–H groups in total. The summed E-state index contributed by atoms with van der Waals surface area (Å²) < 4.78 is 5.55. The van der Waals surface area contributed by atoms with Crippen molar-refractivity contribution in [3.63, 3.8) is 0 Å². The summed E-state index contributed by atoms with van der Waals surface area (Å²) >= 11 is 0. The largest absolute Gasteiger partial charge is 0.378 e. The van der Waals surface area contributed by atoms with Gasteiger partial charge in [-0.3, -0.25) is 9.69 Å². The second-order valence-electron chi connectivity index (χ2n) is 6.91. The van der Waals surface area contributed by atoms with E-state index in [1.54, 1.807) is 0 Å². The quantitative estimate of drug-likeness (QED) is 0.756. The molecular formula is C15H27NO2. The van der Waals surface area contributed by atoms with E-state index < -0.39 is 0 Å². The summed E-state index contributed by atoms with van der Waals surface area (Å²) in [6.07, 6.45) is 1.97. The predicted octanol–water partition coefficient (Wildman–Crippen LogP) is 2.35. The Morgan fingerprint density at radius 2 is 2.11 bits per heavy atom. The van der Waals surface area contributed by atoms with Gasteiger partial charge in [-0.25, -0.2) is 0 Å². The van der Waals surface area contributed by atoms with Crippen LogP contribution in [0.25, 0.3) is 0 Å². The molecule has 18 heavy (non-hydrogen) atoms. The van der Waals surface area contributed by atoms with E-state index in [0.29, 0.717) is 17.6 Å². The summed E-state index contributed by atoms with van der Waals surface area (Å²) in [7, 11) is 0. The van der Waals surface area contributed by atoms with Crippen molar-refractivity contribution in [3.05, 3.63) is 0 Å². The molecule has 2 fully saturated rings. The first-order chi connectivity index (χ1) is 8.40. The number of ketones is 1. The third-order valence-electron chi connectivity index (χ3n) is 4.66. The molecule has 104 valence electrons. The average Bonchev–Trinajstić information content (AvgIpc) is 2.24. The first-order valence-electron chi connectivity index (χ1n) is 7.25. The van der Waals surface area contributed by atoms with Crippen molar-refractivity contribution in [2.45, 2.75) is 46.1 Å². The van der Waals surface area contributed by atoms with E-state index in [2.05, 4.69) is 32.6 Å². The van der Waals surface area contributed by atoms with Gasteiger partial charge in [-0.1, -0.05) is 13.8 Å². The Morgan fingerprint density at radius 3 is 2.72 bits per heavy atom. The predicted molar refractivity (Wildman–Crippen MR) is 72.5 cm³/mol. The van der Waals surface area contributed by atoms with Crippen LogP contribution in [0.15, 0.2) is 0 Å². The van der Waals surface area contributed by atoms with Gasteiger partial charge in [0.1, 0.15) is 5.78 Å². The lowest BCUT2D eigenvalue weighted by atomic mass is 9.74. The third kappa shape index (κ3) is 2.94. The zero-order chi connectivity index (χ0) is 13.3. The molecule has 1 aliphatic carbocycles. The zero-order valence-corrected chi connectivity index (χ0v) is 12.2. The third-order valence-corrected chi connectivity index (χ3v) is 4.66. The number of hydrogen-bond acceptors (Lipinski definition) is 3. The van der Waals surface area contributed by atoms with Gasteiger partial charge in [0, 0.05) is 31.0 Å². The molecule has 2 aliphatic rings. The number of nitrogens with zero attached hydrogens (tertiary/aromatic N) is 1. The monoisotopic (exact) mass is 253 g/mol. The summed E-state index contributed by atoms with van der Waals surface area (Å²) in [4.78, 5) is 14.7. The van der Waals surface area contributed by atoms with E-state index in [0.717, 1.165) is 32.7 Å². The van der Waals surface area contributed by atoms with Crippen LogP contribution in [0.3, 0.4) is 0 Å². The Bertz CT molecular complexity index is 314. The Balaban J connectivity index is 2.01. The molecule has 0 radical (unpaired) electrons. The van der Waals surface area contributed by atoms with E-state index in [-0.39, 0.29) is 11.5 Å². The highest BCUT2D eigenvalue weighted by Crippen LogP contribution is 2.33. The molecule has 0 bridgehead atoms. The summed E-state index contributed by atoms with van der Waals surface area (Å²) in [5.74, 6) is 1.81. The van der Waals surface area contributed by atoms with Crippen LogP contribution < -0.4 is 0 Å². The molecular weight excluding hydrogens is 226 g/mol. The first kappa shape index (κ1) is 14.0. The SMILES string of the molecule is CC1CC(=O)C(CN2CCOCC2(C)C)C(C)C1. The number of hydrogen-bond donors (Lipinski definition) is 0. The summed E-state index contributed by atoms with van der Waals surface area (Å²) in [6.45, 7) is 12.3. The summed E-state index contributed by atoms with van der Waals surface area (Å²) in [6, 6.07) is 0. The van der Waals surface area contributed by atoms with Crippen LogP contribution in [0.5, 0.6) is 0 Å². The van der Waals surface area contributed by atoms with Crippen molar-refractivity contribution in [3.8, 4) is 0 Å². The van der Waals surface area contributed by atoms with E-state index in [9.17, 15) is 4.79 Å². The van der Waals surface area contributed by atoms with Gasteiger partial charge in [0.25, 0.3) is 0 Å². The molecule has 3 atom stereocenters. The van der Waals surface area contributed by atoms with E-state index in [1.165, 1.54) is 6.42 Å². The van der Waals surface area contributed by atoms with Crippen molar-refractivity contribution < 1.29 is 9.53 Å². The van der Waals surface area contributed by atoms with Crippen LogP contribution >= 0.6 is 0 Å². The van der Waals surface area contributed by atoms with Crippen LogP contribution in [0.2, 0.25) is 0 Å². The Kier molecular flexibility index (Phi) is 4.12. The molecule has 1 aliphatic heterocycles. The van der Waals surface area contributed by atoms with Gasteiger partial charge in [0.05, 0.1) is 13.2 Å². The fourth-order valence-electron chi connectivity index (χ4n) is 3.44. The van der Waals surface area contributed by atoms with Crippen molar-refractivity contribution in [1.82, 2.24) is 4.90 Å². The molecule has 0 aromatic rings. The number of ether oxygens (including phenoxy) is 1. The van der Waals surface area contributed by atoms with Gasteiger partial charge in [-0.15, -0.1) is 0 Å². The van der Waals surface area contributed by atoms with E-state index >= 15 is 0 Å². The molecule has 2 rings (SSSR count). The average molecular weight is 253 g/mol. The lowest BCUT2D eigenvalue weighted by molar-refractivity contribution is -0.131. The van der Waals surface area contributed by atoms with Gasteiger partial charge in [0.15, 0.2) is 0 Å². The molecule has 1 heterocycles. The number of rotatable bonds is 2. The van der Waals surface area contributed by atoms with Crippen molar-refractivity contribution in [2.75, 3.05) is 26.3 Å². The molecule has 0 aromatic carbocycles. The summed E-state index contributed by atoms with van der Waals surface area (Å²) in [5.41, 5.74) is 0.0707. The molecule has 3 unspecified atom stereocenters. The fraction of sp³-hybridized carbons (Fsp3) is 0.933. The Morgan fingerprint density at radius 1 is 1.39 bits per heavy atom. The van der Waals surface area contributed by atoms with Crippen LogP contribution in [-0.4, -0.2) is 42.5 Å². The highest BCUT2D eigenvalue weighted by atomic mass is 16.5. The molecule has 0 spiro atoms. The number of morpholine rings is 1. The molecule has 1 saturated carbocycles. The van der Waals surface area contributed by atoms with Gasteiger partial charge in [-0.2, -0.15) is 0 Å². The van der Waals surface area contributed by atoms with Gasteiger partial charge < -0.3 is 4.74 Å². The van der Waals surface area contributed by atoms with Crippen molar-refractivity contribution in [2.24, 2.45) is 17.8 Å². The maximum atomic E-state index is 12.2. The van der Waals surface area contributed by atoms with Crippen LogP contribution in [0.4, 0.5) is 0 Å². The highest BCUT2D eigenvalue weighted by Gasteiger charge is 2.38. The first-order valence-corrected chi connectivity index (χ1v) is 7.25. The maximum Gasteiger partial charge on any atom is 0.137 e. The molecule has 1 saturated heterocycles. The second-order valence-corrected chi connectivity index (χ2v) is 6.91. The minimum Gasteiger partial charge on any atom is -0.378 e. The number of Topliss-reactive ketones (excluding diaryl/α,β-unsaturated/α-hetero) is 1.